The van der Waals surface area contributed by atoms with Crippen LogP contribution in [-0.4, -0.2) is 24.3 Å². The Morgan fingerprint density at radius 1 is 1.44 bits per heavy atom. The summed E-state index contributed by atoms with van der Waals surface area (Å²) in [7, 11) is 0. The summed E-state index contributed by atoms with van der Waals surface area (Å²) in [6.07, 6.45) is 1.85. The second-order valence-corrected chi connectivity index (χ2v) is 3.77. The number of hydrogen-bond donors (Lipinski definition) is 0. The van der Waals surface area contributed by atoms with Crippen molar-refractivity contribution in [3.63, 3.8) is 0 Å². The van der Waals surface area contributed by atoms with Crippen molar-refractivity contribution in [2.24, 2.45) is 0 Å². The van der Waals surface area contributed by atoms with Gasteiger partial charge in [0.05, 0.1) is 18.3 Å². The van der Waals surface area contributed by atoms with Gasteiger partial charge in [0, 0.05) is 5.39 Å². The zero-order chi connectivity index (χ0) is 11.0. The number of pyridine rings is 1. The lowest BCUT2D eigenvalue weighted by Crippen LogP contribution is -2.04. The molecular weight excluding hydrogens is 209 g/mol. The fourth-order valence-electron chi connectivity index (χ4n) is 1.51. The minimum Gasteiger partial charge on any atom is -0.489 e. The first-order valence-corrected chi connectivity index (χ1v) is 5.11. The lowest BCUT2D eigenvalue weighted by atomic mass is 10.2. The molecule has 1 atom stereocenters. The fraction of sp³-hybridized carbons (Fsp3) is 0.250. The first-order chi connectivity index (χ1) is 7.81. The standard InChI is InChI=1S/C12H10FNO2/c13-9-1-2-12-8(3-9)4-10(5-14-12)15-6-11-7-16-11/h1-5,11H,6-7H2. The van der Waals surface area contributed by atoms with E-state index in [9.17, 15) is 4.39 Å². The summed E-state index contributed by atoms with van der Waals surface area (Å²) in [6, 6.07) is 6.28. The summed E-state index contributed by atoms with van der Waals surface area (Å²) < 4.78 is 23.5. The molecule has 0 saturated carbocycles. The maximum absolute atomic E-state index is 13.0. The smallest absolute Gasteiger partial charge is 0.138 e. The molecule has 2 heterocycles. The molecule has 1 unspecified atom stereocenters. The predicted octanol–water partition coefficient (Wildman–Crippen LogP) is 2.15. The maximum atomic E-state index is 13.0. The van der Waals surface area contributed by atoms with Crippen LogP contribution < -0.4 is 4.74 Å². The van der Waals surface area contributed by atoms with E-state index < -0.39 is 0 Å². The molecule has 3 rings (SSSR count). The summed E-state index contributed by atoms with van der Waals surface area (Å²) in [5, 5.41) is 0.745. The minimum absolute atomic E-state index is 0.211. The fourth-order valence-corrected chi connectivity index (χ4v) is 1.51. The van der Waals surface area contributed by atoms with Gasteiger partial charge < -0.3 is 9.47 Å². The minimum atomic E-state index is -0.267. The maximum Gasteiger partial charge on any atom is 0.138 e. The van der Waals surface area contributed by atoms with E-state index in [0.717, 1.165) is 17.5 Å². The van der Waals surface area contributed by atoms with Crippen LogP contribution in [0.1, 0.15) is 0 Å². The molecule has 0 N–H and O–H groups in total. The third-order valence-corrected chi connectivity index (χ3v) is 2.46. The van der Waals surface area contributed by atoms with E-state index in [1.54, 1.807) is 18.3 Å². The van der Waals surface area contributed by atoms with E-state index in [1.807, 2.05) is 0 Å². The van der Waals surface area contributed by atoms with Crippen molar-refractivity contribution in [1.82, 2.24) is 4.98 Å². The second kappa shape index (κ2) is 3.72. The van der Waals surface area contributed by atoms with Crippen molar-refractivity contribution in [3.8, 4) is 5.75 Å². The van der Waals surface area contributed by atoms with Gasteiger partial charge in [-0.25, -0.2) is 4.39 Å². The summed E-state index contributed by atoms with van der Waals surface area (Å²) in [6.45, 7) is 1.29. The predicted molar refractivity (Wildman–Crippen MR) is 56.9 cm³/mol. The zero-order valence-electron chi connectivity index (χ0n) is 8.52. The number of rotatable bonds is 3. The van der Waals surface area contributed by atoms with Crippen LogP contribution in [0.3, 0.4) is 0 Å². The molecule has 0 amide bonds. The highest BCUT2D eigenvalue weighted by molar-refractivity contribution is 5.79. The van der Waals surface area contributed by atoms with Gasteiger partial charge >= 0.3 is 0 Å². The van der Waals surface area contributed by atoms with Crippen molar-refractivity contribution >= 4 is 10.9 Å². The van der Waals surface area contributed by atoms with Gasteiger partial charge in [-0.1, -0.05) is 0 Å². The molecule has 1 fully saturated rings. The summed E-state index contributed by atoms with van der Waals surface area (Å²) in [5.41, 5.74) is 0.761. The Morgan fingerprint density at radius 2 is 2.31 bits per heavy atom. The van der Waals surface area contributed by atoms with E-state index in [1.165, 1.54) is 12.1 Å². The molecule has 0 radical (unpaired) electrons. The van der Waals surface area contributed by atoms with Crippen LogP contribution in [-0.2, 0) is 4.74 Å². The number of halogens is 1. The van der Waals surface area contributed by atoms with Gasteiger partial charge in [0.15, 0.2) is 0 Å². The molecule has 4 heteroatoms. The SMILES string of the molecule is Fc1ccc2ncc(OCC3CO3)cc2c1. The Hall–Kier alpha value is -1.68. The highest BCUT2D eigenvalue weighted by atomic mass is 19.1. The Kier molecular flexibility index (Phi) is 2.22. The molecule has 1 aromatic carbocycles. The Balaban J connectivity index is 1.87. The molecule has 1 aromatic heterocycles. The van der Waals surface area contributed by atoms with E-state index in [4.69, 9.17) is 9.47 Å². The molecule has 2 aromatic rings. The Labute approximate surface area is 91.8 Å². The van der Waals surface area contributed by atoms with Crippen LogP contribution in [0.4, 0.5) is 4.39 Å². The number of ether oxygens (including phenoxy) is 2. The van der Waals surface area contributed by atoms with Crippen molar-refractivity contribution in [2.75, 3.05) is 13.2 Å². The summed E-state index contributed by atoms with van der Waals surface area (Å²) >= 11 is 0. The molecule has 3 nitrogen and oxygen atoms in total. The van der Waals surface area contributed by atoms with Crippen molar-refractivity contribution in [3.05, 3.63) is 36.3 Å². The average Bonchev–Trinajstić information content (AvgIpc) is 3.09. The molecule has 16 heavy (non-hydrogen) atoms. The van der Waals surface area contributed by atoms with Gasteiger partial charge in [0.1, 0.15) is 24.3 Å². The number of aromatic nitrogens is 1. The van der Waals surface area contributed by atoms with E-state index in [2.05, 4.69) is 4.98 Å². The highest BCUT2D eigenvalue weighted by Gasteiger charge is 2.23. The molecule has 0 spiro atoms. The molecule has 0 bridgehead atoms. The number of epoxide rings is 1. The summed E-state index contributed by atoms with van der Waals surface area (Å²) in [4.78, 5) is 4.19. The quantitative estimate of drug-likeness (QED) is 0.742. The molecule has 1 aliphatic heterocycles. The Morgan fingerprint density at radius 3 is 3.12 bits per heavy atom. The van der Waals surface area contributed by atoms with Gasteiger partial charge in [0.25, 0.3) is 0 Å². The molecule has 1 saturated heterocycles. The van der Waals surface area contributed by atoms with Crippen LogP contribution in [0, 0.1) is 5.82 Å². The van der Waals surface area contributed by atoms with E-state index in [-0.39, 0.29) is 11.9 Å². The topological polar surface area (TPSA) is 34.6 Å². The molecular formula is C12H10FNO2. The van der Waals surface area contributed by atoms with Crippen molar-refractivity contribution in [1.29, 1.82) is 0 Å². The number of nitrogens with zero attached hydrogens (tertiary/aromatic N) is 1. The van der Waals surface area contributed by atoms with E-state index in [0.29, 0.717) is 12.4 Å². The zero-order valence-corrected chi connectivity index (χ0v) is 8.52. The lowest BCUT2D eigenvalue weighted by Gasteiger charge is -2.04. The number of fused-ring (bicyclic) bond motifs is 1. The first-order valence-electron chi connectivity index (χ1n) is 5.11. The van der Waals surface area contributed by atoms with Crippen LogP contribution in [0.25, 0.3) is 10.9 Å². The number of hydrogen-bond acceptors (Lipinski definition) is 3. The number of benzene rings is 1. The normalized spacial score (nSPS) is 18.7. The third-order valence-electron chi connectivity index (χ3n) is 2.46. The molecule has 0 aliphatic carbocycles. The van der Waals surface area contributed by atoms with Crippen LogP contribution in [0.2, 0.25) is 0 Å². The summed E-state index contributed by atoms with van der Waals surface area (Å²) in [5.74, 6) is 0.380. The third kappa shape index (κ3) is 1.97. The van der Waals surface area contributed by atoms with Gasteiger partial charge in [-0.2, -0.15) is 0 Å². The van der Waals surface area contributed by atoms with Crippen LogP contribution in [0.5, 0.6) is 5.75 Å². The highest BCUT2D eigenvalue weighted by Crippen LogP contribution is 2.20. The van der Waals surface area contributed by atoms with E-state index >= 15 is 0 Å². The van der Waals surface area contributed by atoms with Gasteiger partial charge in [0.2, 0.25) is 0 Å². The second-order valence-electron chi connectivity index (χ2n) is 3.77. The first kappa shape index (κ1) is 9.54. The largest absolute Gasteiger partial charge is 0.489 e. The lowest BCUT2D eigenvalue weighted by molar-refractivity contribution is 0.262. The van der Waals surface area contributed by atoms with Crippen LogP contribution in [0.15, 0.2) is 30.5 Å². The van der Waals surface area contributed by atoms with Gasteiger partial charge in [-0.15, -0.1) is 0 Å². The molecule has 1 aliphatic rings. The van der Waals surface area contributed by atoms with Crippen LogP contribution >= 0.6 is 0 Å². The van der Waals surface area contributed by atoms with Crippen molar-refractivity contribution in [2.45, 2.75) is 6.10 Å². The Bertz CT molecular complexity index is 525. The average molecular weight is 219 g/mol. The monoisotopic (exact) mass is 219 g/mol. The van der Waals surface area contributed by atoms with Crippen molar-refractivity contribution < 1.29 is 13.9 Å². The van der Waals surface area contributed by atoms with Gasteiger partial charge in [-0.3, -0.25) is 4.98 Å². The molecule has 82 valence electrons. The van der Waals surface area contributed by atoms with Gasteiger partial charge in [-0.05, 0) is 24.3 Å².